The number of aromatic nitrogens is 1. The predicted octanol–water partition coefficient (Wildman–Crippen LogP) is 6.12. The molecule has 0 bridgehead atoms. The molecule has 1 aromatic carbocycles. The molecule has 1 atom stereocenters. The molecular formula is C26H26ClN5O5S. The van der Waals surface area contributed by atoms with Crippen LogP contribution in [0.15, 0.2) is 59.2 Å². The molecule has 2 aromatic heterocycles. The van der Waals surface area contributed by atoms with Gasteiger partial charge < -0.3 is 14.4 Å². The van der Waals surface area contributed by atoms with Crippen molar-refractivity contribution in [2.75, 3.05) is 7.11 Å². The summed E-state index contributed by atoms with van der Waals surface area (Å²) in [6.07, 6.45) is 1.66. The van der Waals surface area contributed by atoms with Crippen molar-refractivity contribution in [2.45, 2.75) is 45.4 Å². The summed E-state index contributed by atoms with van der Waals surface area (Å²) in [6, 6.07) is 10.4. The van der Waals surface area contributed by atoms with Gasteiger partial charge in [0.25, 0.3) is 5.91 Å². The van der Waals surface area contributed by atoms with Gasteiger partial charge in [0.2, 0.25) is 0 Å². The topological polar surface area (TPSA) is 135 Å². The number of azide groups is 1. The van der Waals surface area contributed by atoms with Crippen molar-refractivity contribution in [3.63, 3.8) is 0 Å². The van der Waals surface area contributed by atoms with E-state index in [2.05, 4.69) is 15.0 Å². The van der Waals surface area contributed by atoms with Gasteiger partial charge in [-0.05, 0) is 67.6 Å². The first-order chi connectivity index (χ1) is 18.0. The minimum atomic E-state index is -1.06. The highest BCUT2D eigenvalue weighted by atomic mass is 35.5. The molecule has 3 aromatic rings. The van der Waals surface area contributed by atoms with Crippen LogP contribution >= 0.6 is 22.9 Å². The van der Waals surface area contributed by atoms with Gasteiger partial charge in [0.1, 0.15) is 16.5 Å². The zero-order chi connectivity index (χ0) is 27.9. The fourth-order valence-electron chi connectivity index (χ4n) is 3.57. The Morgan fingerprint density at radius 1 is 1.21 bits per heavy atom. The van der Waals surface area contributed by atoms with Crippen LogP contribution in [0, 0.1) is 0 Å². The first kappa shape index (κ1) is 28.6. The van der Waals surface area contributed by atoms with E-state index in [1.807, 2.05) is 0 Å². The largest absolute Gasteiger partial charge is 0.467 e. The number of amides is 1. The molecule has 0 aliphatic carbocycles. The molecule has 0 N–H and O–H groups in total. The number of halogens is 1. The average Bonchev–Trinajstić information content (AvgIpc) is 3.33. The van der Waals surface area contributed by atoms with Gasteiger partial charge in [-0.3, -0.25) is 9.78 Å². The quantitative estimate of drug-likeness (QED) is 0.135. The van der Waals surface area contributed by atoms with Crippen molar-refractivity contribution < 1.29 is 23.9 Å². The highest BCUT2D eigenvalue weighted by Gasteiger charge is 2.34. The lowest BCUT2D eigenvalue weighted by atomic mass is 10.1. The van der Waals surface area contributed by atoms with E-state index in [4.69, 9.17) is 26.6 Å². The van der Waals surface area contributed by atoms with Crippen LogP contribution in [0.5, 0.6) is 0 Å². The summed E-state index contributed by atoms with van der Waals surface area (Å²) in [6.45, 7) is 5.19. The molecule has 3 rings (SSSR count). The fraction of sp³-hybridized carbons (Fsp3) is 0.308. The number of pyridine rings is 1. The number of methoxy groups -OCH3 is 1. The summed E-state index contributed by atoms with van der Waals surface area (Å²) < 4.78 is 10.4. The number of esters is 2. The maximum Gasteiger partial charge on any atom is 0.340 e. The molecule has 0 unspecified atom stereocenters. The second kappa shape index (κ2) is 12.6. The van der Waals surface area contributed by atoms with Crippen molar-refractivity contribution >= 4 is 46.5 Å². The van der Waals surface area contributed by atoms with Crippen molar-refractivity contribution in [2.24, 2.45) is 5.11 Å². The third-order valence-electron chi connectivity index (χ3n) is 5.24. The molecule has 10 nitrogen and oxygen atoms in total. The van der Waals surface area contributed by atoms with E-state index in [1.165, 1.54) is 24.1 Å². The van der Waals surface area contributed by atoms with Crippen LogP contribution in [0.25, 0.3) is 10.4 Å². The lowest BCUT2D eigenvalue weighted by Gasteiger charge is -2.30. The Balaban J connectivity index is 2.03. The summed E-state index contributed by atoms with van der Waals surface area (Å²) in [5.41, 5.74) is 9.66. The Morgan fingerprint density at radius 3 is 2.58 bits per heavy atom. The lowest BCUT2D eigenvalue weighted by molar-refractivity contribution is -0.146. The summed E-state index contributed by atoms with van der Waals surface area (Å²) in [7, 11) is 1.24. The Morgan fingerprint density at radius 2 is 1.97 bits per heavy atom. The van der Waals surface area contributed by atoms with Gasteiger partial charge in [-0.15, -0.1) is 11.3 Å². The first-order valence-corrected chi connectivity index (χ1v) is 12.7. The molecule has 0 spiro atoms. The SMILES string of the molecule is COC(=O)[C@@H](Cc1ccccn1)N(Cc1ccc(C(=O)OC(C)(C)C)c(Cl)c1)C(=O)c1sccc1N=[N+]=[N-]. The number of carbonyl (C=O) groups is 3. The van der Waals surface area contributed by atoms with Gasteiger partial charge >= 0.3 is 11.9 Å². The second-order valence-corrected chi connectivity index (χ2v) is 10.5. The van der Waals surface area contributed by atoms with E-state index in [9.17, 15) is 14.4 Å². The number of carbonyl (C=O) groups excluding carboxylic acids is 3. The van der Waals surface area contributed by atoms with Crippen molar-refractivity contribution in [3.8, 4) is 0 Å². The van der Waals surface area contributed by atoms with Crippen LogP contribution in [0.1, 0.15) is 52.1 Å². The van der Waals surface area contributed by atoms with Gasteiger partial charge in [-0.2, -0.15) is 0 Å². The highest BCUT2D eigenvalue weighted by molar-refractivity contribution is 7.12. The maximum atomic E-state index is 13.8. The van der Waals surface area contributed by atoms with Gasteiger partial charge in [-0.1, -0.05) is 28.8 Å². The van der Waals surface area contributed by atoms with E-state index in [0.717, 1.165) is 11.3 Å². The first-order valence-electron chi connectivity index (χ1n) is 11.5. The van der Waals surface area contributed by atoms with Crippen LogP contribution in [-0.2, 0) is 27.2 Å². The monoisotopic (exact) mass is 555 g/mol. The number of hydrogen-bond acceptors (Lipinski definition) is 8. The molecular weight excluding hydrogens is 530 g/mol. The summed E-state index contributed by atoms with van der Waals surface area (Å²) in [5.74, 6) is -1.77. The standard InChI is InChI=1S/C26H26ClN5O5S/c1-26(2,3)37-24(34)18-9-8-16(13-19(18)27)15-32(23(33)22-20(30-31-28)10-12-38-22)21(25(35)36-4)14-17-7-5-6-11-29-17/h5-13,21H,14-15H2,1-4H3/t21-/m1/s1. The van der Waals surface area contributed by atoms with Crippen LogP contribution < -0.4 is 0 Å². The Kier molecular flexibility index (Phi) is 9.46. The minimum Gasteiger partial charge on any atom is -0.467 e. The highest BCUT2D eigenvalue weighted by Crippen LogP contribution is 2.30. The van der Waals surface area contributed by atoms with Crippen LogP contribution in [0.2, 0.25) is 5.02 Å². The molecule has 12 heteroatoms. The van der Waals surface area contributed by atoms with Gasteiger partial charge in [0, 0.05) is 29.8 Å². The van der Waals surface area contributed by atoms with Crippen molar-refractivity contribution in [1.29, 1.82) is 0 Å². The summed E-state index contributed by atoms with van der Waals surface area (Å²) >= 11 is 7.51. The zero-order valence-electron chi connectivity index (χ0n) is 21.3. The molecule has 1 amide bonds. The van der Waals surface area contributed by atoms with Gasteiger partial charge in [0.15, 0.2) is 0 Å². The number of benzene rings is 1. The molecule has 0 saturated heterocycles. The molecule has 0 aliphatic rings. The number of rotatable bonds is 9. The van der Waals surface area contributed by atoms with Crippen LogP contribution in [-0.4, -0.2) is 46.5 Å². The molecule has 198 valence electrons. The van der Waals surface area contributed by atoms with E-state index in [1.54, 1.807) is 62.7 Å². The van der Waals surface area contributed by atoms with E-state index in [0.29, 0.717) is 11.3 Å². The minimum absolute atomic E-state index is 0.0621. The fourth-order valence-corrected chi connectivity index (χ4v) is 4.63. The number of ether oxygens (including phenoxy) is 2. The summed E-state index contributed by atoms with van der Waals surface area (Å²) in [4.78, 5) is 47.9. The van der Waals surface area contributed by atoms with Crippen molar-refractivity contribution in [1.82, 2.24) is 9.88 Å². The normalized spacial score (nSPS) is 11.7. The second-order valence-electron chi connectivity index (χ2n) is 9.14. The van der Waals surface area contributed by atoms with Crippen LogP contribution in [0.3, 0.4) is 0 Å². The Bertz CT molecular complexity index is 1370. The molecule has 38 heavy (non-hydrogen) atoms. The lowest BCUT2D eigenvalue weighted by Crippen LogP contribution is -2.46. The van der Waals surface area contributed by atoms with E-state index < -0.39 is 29.5 Å². The van der Waals surface area contributed by atoms with Crippen LogP contribution in [0.4, 0.5) is 5.69 Å². The average molecular weight is 556 g/mol. The van der Waals surface area contributed by atoms with Gasteiger partial charge in [0.05, 0.1) is 23.4 Å². The van der Waals surface area contributed by atoms with Gasteiger partial charge in [-0.25, -0.2) is 9.59 Å². The Hall–Kier alpha value is -3.92. The number of hydrogen-bond donors (Lipinski definition) is 0. The predicted molar refractivity (Wildman–Crippen MR) is 143 cm³/mol. The third kappa shape index (κ3) is 7.32. The molecule has 0 aliphatic heterocycles. The number of thiophene rings is 1. The smallest absolute Gasteiger partial charge is 0.340 e. The molecule has 0 saturated carbocycles. The molecule has 0 fully saturated rings. The van der Waals surface area contributed by atoms with Crippen molar-refractivity contribution in [3.05, 3.63) is 91.2 Å². The maximum absolute atomic E-state index is 13.8. The molecule has 0 radical (unpaired) electrons. The van der Waals surface area contributed by atoms with E-state index >= 15 is 0 Å². The van der Waals surface area contributed by atoms with E-state index in [-0.39, 0.29) is 34.1 Å². The summed E-state index contributed by atoms with van der Waals surface area (Å²) in [5, 5.41) is 5.35. The Labute approximate surface area is 228 Å². The molecule has 2 heterocycles. The third-order valence-corrected chi connectivity index (χ3v) is 6.44. The number of nitrogens with zero attached hydrogens (tertiary/aromatic N) is 5. The zero-order valence-corrected chi connectivity index (χ0v) is 22.8.